The Bertz CT molecular complexity index is 566. The molecule has 0 atom stereocenters. The van der Waals surface area contributed by atoms with Crippen molar-refractivity contribution in [3.05, 3.63) is 35.4 Å². The van der Waals surface area contributed by atoms with E-state index in [-0.39, 0.29) is 10.6 Å². The molecule has 0 heterocycles. The lowest BCUT2D eigenvalue weighted by atomic mass is 9.96. The topological polar surface area (TPSA) is 55.1 Å². The number of hydrogen-bond donors (Lipinski definition) is 2. The zero-order chi connectivity index (χ0) is 15.7. The zero-order valence-corrected chi connectivity index (χ0v) is 12.0. The van der Waals surface area contributed by atoms with Gasteiger partial charge in [0.25, 0.3) is 5.91 Å². The van der Waals surface area contributed by atoms with E-state index in [0.717, 1.165) is 25.0 Å². The quantitative estimate of drug-likeness (QED) is 0.843. The van der Waals surface area contributed by atoms with Gasteiger partial charge in [0, 0.05) is 5.56 Å². The van der Waals surface area contributed by atoms with Gasteiger partial charge in [0.05, 0.1) is 16.1 Å². The Morgan fingerprint density at radius 3 is 2.43 bits per heavy atom. The molecule has 1 fully saturated rings. The summed E-state index contributed by atoms with van der Waals surface area (Å²) in [5.41, 5.74) is 4.01. The fraction of sp³-hybridized carbons (Fsp3) is 0.429. The Hall–Kier alpha value is -1.63. The Morgan fingerprint density at radius 2 is 1.90 bits per heavy atom. The number of amides is 1. The summed E-state index contributed by atoms with van der Waals surface area (Å²) >= 11 is 5.00. The van der Waals surface area contributed by atoms with Gasteiger partial charge in [0.1, 0.15) is 0 Å². The maximum Gasteiger partial charge on any atom is 0.416 e. The van der Waals surface area contributed by atoms with Gasteiger partial charge in [-0.15, -0.1) is 0 Å². The Balaban J connectivity index is 2.23. The molecule has 0 saturated heterocycles. The highest BCUT2D eigenvalue weighted by Gasteiger charge is 2.38. The maximum atomic E-state index is 12.7. The van der Waals surface area contributed by atoms with E-state index in [2.05, 4.69) is 5.32 Å². The summed E-state index contributed by atoms with van der Waals surface area (Å²) in [6, 6.07) is 4.31. The van der Waals surface area contributed by atoms with Gasteiger partial charge in [-0.1, -0.05) is 31.1 Å². The highest BCUT2D eigenvalue weighted by molar-refractivity contribution is 7.80. The first-order valence-corrected chi connectivity index (χ1v) is 6.95. The predicted octanol–water partition coefficient (Wildman–Crippen LogP) is 3.03. The Labute approximate surface area is 125 Å². The van der Waals surface area contributed by atoms with E-state index in [1.807, 2.05) is 0 Å². The standard InChI is InChI=1S/C14H15F3N2OS/c15-14(16,17)10-5-3-4-9(8-10)11(20)19-13(12(18)21)6-1-2-7-13/h3-5,8H,1-2,6-7H2,(H2,18,21)(H,19,20). The van der Waals surface area contributed by atoms with Crippen molar-refractivity contribution in [2.45, 2.75) is 37.4 Å². The van der Waals surface area contributed by atoms with Gasteiger partial charge in [0.15, 0.2) is 0 Å². The summed E-state index contributed by atoms with van der Waals surface area (Å²) in [5, 5.41) is 2.71. The lowest BCUT2D eigenvalue weighted by molar-refractivity contribution is -0.137. The highest BCUT2D eigenvalue weighted by Crippen LogP contribution is 2.32. The number of hydrogen-bond acceptors (Lipinski definition) is 2. The van der Waals surface area contributed by atoms with Gasteiger partial charge in [-0.2, -0.15) is 13.2 Å². The first-order valence-electron chi connectivity index (χ1n) is 6.54. The van der Waals surface area contributed by atoms with E-state index in [1.165, 1.54) is 12.1 Å². The van der Waals surface area contributed by atoms with E-state index in [9.17, 15) is 18.0 Å². The van der Waals surface area contributed by atoms with Crippen LogP contribution in [0.2, 0.25) is 0 Å². The number of carbonyl (C=O) groups is 1. The largest absolute Gasteiger partial charge is 0.416 e. The molecule has 0 spiro atoms. The van der Waals surface area contributed by atoms with Crippen LogP contribution in [-0.4, -0.2) is 16.4 Å². The lowest BCUT2D eigenvalue weighted by Gasteiger charge is -2.29. The molecule has 0 radical (unpaired) electrons. The summed E-state index contributed by atoms with van der Waals surface area (Å²) in [4.78, 5) is 12.4. The van der Waals surface area contributed by atoms with Crippen LogP contribution >= 0.6 is 12.2 Å². The van der Waals surface area contributed by atoms with Crippen LogP contribution in [0.1, 0.15) is 41.6 Å². The predicted molar refractivity (Wildman–Crippen MR) is 76.9 cm³/mol. The van der Waals surface area contributed by atoms with Gasteiger partial charge in [-0.25, -0.2) is 0 Å². The molecule has 1 aliphatic carbocycles. The van der Waals surface area contributed by atoms with Gasteiger partial charge >= 0.3 is 6.18 Å². The average Bonchev–Trinajstić information content (AvgIpc) is 2.88. The minimum Gasteiger partial charge on any atom is -0.391 e. The second-order valence-electron chi connectivity index (χ2n) is 5.19. The molecular formula is C14H15F3N2OS. The van der Waals surface area contributed by atoms with Crippen molar-refractivity contribution in [3.8, 4) is 0 Å². The second-order valence-corrected chi connectivity index (χ2v) is 5.63. The van der Waals surface area contributed by atoms with Crippen molar-refractivity contribution >= 4 is 23.1 Å². The monoisotopic (exact) mass is 316 g/mol. The lowest BCUT2D eigenvalue weighted by Crippen LogP contribution is -2.54. The molecule has 1 amide bonds. The van der Waals surface area contributed by atoms with Gasteiger partial charge in [0.2, 0.25) is 0 Å². The molecule has 0 bridgehead atoms. The van der Waals surface area contributed by atoms with Crippen molar-refractivity contribution in [2.24, 2.45) is 5.73 Å². The average molecular weight is 316 g/mol. The number of rotatable bonds is 3. The molecule has 2 rings (SSSR count). The molecule has 1 aromatic rings. The van der Waals surface area contributed by atoms with Crippen LogP contribution in [0.5, 0.6) is 0 Å². The van der Waals surface area contributed by atoms with E-state index < -0.39 is 23.2 Å². The first kappa shape index (κ1) is 15.8. The van der Waals surface area contributed by atoms with Gasteiger partial charge < -0.3 is 11.1 Å². The minimum atomic E-state index is -4.48. The van der Waals surface area contributed by atoms with Crippen molar-refractivity contribution < 1.29 is 18.0 Å². The first-order chi connectivity index (χ1) is 9.74. The third-order valence-electron chi connectivity index (χ3n) is 3.73. The molecular weight excluding hydrogens is 301 g/mol. The van der Waals surface area contributed by atoms with Crippen LogP contribution < -0.4 is 11.1 Å². The molecule has 7 heteroatoms. The number of benzene rings is 1. The highest BCUT2D eigenvalue weighted by atomic mass is 32.1. The molecule has 0 unspecified atom stereocenters. The maximum absolute atomic E-state index is 12.7. The van der Waals surface area contributed by atoms with Crippen LogP contribution in [0.25, 0.3) is 0 Å². The molecule has 21 heavy (non-hydrogen) atoms. The third kappa shape index (κ3) is 3.34. The molecule has 0 aliphatic heterocycles. The van der Waals surface area contributed by atoms with Crippen molar-refractivity contribution in [2.75, 3.05) is 0 Å². The number of nitrogens with two attached hydrogens (primary N) is 1. The number of alkyl halides is 3. The number of halogens is 3. The summed E-state index contributed by atoms with van der Waals surface area (Å²) in [6.45, 7) is 0. The van der Waals surface area contributed by atoms with Crippen molar-refractivity contribution in [3.63, 3.8) is 0 Å². The smallest absolute Gasteiger partial charge is 0.391 e. The van der Waals surface area contributed by atoms with Crippen LogP contribution in [0, 0.1) is 0 Å². The third-order valence-corrected chi connectivity index (χ3v) is 4.12. The van der Waals surface area contributed by atoms with Crippen molar-refractivity contribution in [1.29, 1.82) is 0 Å². The fourth-order valence-electron chi connectivity index (χ4n) is 2.54. The number of thiocarbonyl (C=S) groups is 1. The number of nitrogens with one attached hydrogen (secondary N) is 1. The summed E-state index contributed by atoms with van der Waals surface area (Å²) in [7, 11) is 0. The Morgan fingerprint density at radius 1 is 1.29 bits per heavy atom. The fourth-order valence-corrected chi connectivity index (χ4v) is 2.79. The molecule has 1 aliphatic rings. The van der Waals surface area contributed by atoms with Gasteiger partial charge in [-0.3, -0.25) is 4.79 Å². The molecule has 114 valence electrons. The molecule has 1 saturated carbocycles. The molecule has 0 aromatic heterocycles. The van der Waals surface area contributed by atoms with Crippen LogP contribution in [0.15, 0.2) is 24.3 Å². The zero-order valence-electron chi connectivity index (χ0n) is 11.2. The Kier molecular flexibility index (Phi) is 4.22. The van der Waals surface area contributed by atoms with E-state index >= 15 is 0 Å². The molecule has 3 nitrogen and oxygen atoms in total. The van der Waals surface area contributed by atoms with Crippen molar-refractivity contribution in [1.82, 2.24) is 5.32 Å². The van der Waals surface area contributed by atoms with Crippen LogP contribution in [0.3, 0.4) is 0 Å². The van der Waals surface area contributed by atoms with Crippen LogP contribution in [0.4, 0.5) is 13.2 Å². The van der Waals surface area contributed by atoms with Crippen LogP contribution in [-0.2, 0) is 6.18 Å². The number of carbonyl (C=O) groups excluding carboxylic acids is 1. The molecule has 1 aromatic carbocycles. The van der Waals surface area contributed by atoms with E-state index in [4.69, 9.17) is 18.0 Å². The summed E-state index contributed by atoms with van der Waals surface area (Å²) < 4.78 is 38.0. The molecule has 3 N–H and O–H groups in total. The van der Waals surface area contributed by atoms with E-state index in [0.29, 0.717) is 12.8 Å². The summed E-state index contributed by atoms with van der Waals surface area (Å²) in [5.74, 6) is -0.587. The minimum absolute atomic E-state index is 0.0488. The SMILES string of the molecule is NC(=S)C1(NC(=O)c2cccc(C(F)(F)F)c2)CCCC1. The van der Waals surface area contributed by atoms with E-state index in [1.54, 1.807) is 0 Å². The second kappa shape index (κ2) is 5.63. The summed E-state index contributed by atoms with van der Waals surface area (Å²) in [6.07, 6.45) is -1.50. The van der Waals surface area contributed by atoms with Gasteiger partial charge in [-0.05, 0) is 31.0 Å². The normalized spacial score (nSPS) is 17.5.